The molecule has 3 N–H and O–H groups in total. The second-order valence-corrected chi connectivity index (χ2v) is 10.5. The zero-order valence-corrected chi connectivity index (χ0v) is 21.6. The summed E-state index contributed by atoms with van der Waals surface area (Å²) in [7, 11) is 1.70. The van der Waals surface area contributed by atoms with Crippen LogP contribution in [0.15, 0.2) is 35.3 Å². The second kappa shape index (κ2) is 9.61. The Hall–Kier alpha value is -3.93. The lowest BCUT2D eigenvalue weighted by molar-refractivity contribution is 0.262. The summed E-state index contributed by atoms with van der Waals surface area (Å²) >= 11 is 1.24. The van der Waals surface area contributed by atoms with Gasteiger partial charge in [-0.1, -0.05) is 38.2 Å². The van der Waals surface area contributed by atoms with Crippen molar-refractivity contribution in [2.75, 3.05) is 23.0 Å². The summed E-state index contributed by atoms with van der Waals surface area (Å²) in [6.45, 7) is 9.73. The van der Waals surface area contributed by atoms with Gasteiger partial charge < -0.3 is 10.6 Å². The molecule has 0 bridgehead atoms. The van der Waals surface area contributed by atoms with Gasteiger partial charge in [-0.25, -0.2) is 14.2 Å². The van der Waals surface area contributed by atoms with Crippen molar-refractivity contribution in [2.24, 2.45) is 0 Å². The van der Waals surface area contributed by atoms with Crippen molar-refractivity contribution in [3.8, 4) is 11.1 Å². The Bertz CT molecular complexity index is 1510. The van der Waals surface area contributed by atoms with E-state index in [0.717, 1.165) is 5.01 Å². The molecule has 3 heterocycles. The molecule has 0 saturated heterocycles. The standard InChI is InChI=1S/C24H27FN8O2S/c1-12(2)33-18-14(11-27-21(26-6)29-18)9-15(19(33)34)13-7-8-16(25)17(10-13)28-22(35)30-23-32-31-20(36-23)24(3,4)5/h7-12H,1-6H3,(H,26,27,29)(H2,28,30,32,35). The van der Waals surface area contributed by atoms with Crippen LogP contribution in [0.25, 0.3) is 22.2 Å². The number of pyridine rings is 1. The van der Waals surface area contributed by atoms with Crippen LogP contribution < -0.4 is 21.5 Å². The predicted molar refractivity (Wildman–Crippen MR) is 140 cm³/mol. The molecule has 12 heteroatoms. The van der Waals surface area contributed by atoms with E-state index < -0.39 is 11.8 Å². The average Bonchev–Trinajstić information content (AvgIpc) is 3.28. The summed E-state index contributed by atoms with van der Waals surface area (Å²) in [5, 5.41) is 17.7. The summed E-state index contributed by atoms with van der Waals surface area (Å²) in [6, 6.07) is 4.93. The van der Waals surface area contributed by atoms with Crippen molar-refractivity contribution in [2.45, 2.75) is 46.1 Å². The molecule has 10 nitrogen and oxygen atoms in total. The largest absolute Gasteiger partial charge is 0.357 e. The number of nitrogens with zero attached hydrogens (tertiary/aromatic N) is 5. The highest BCUT2D eigenvalue weighted by molar-refractivity contribution is 7.15. The first-order valence-corrected chi connectivity index (χ1v) is 12.1. The lowest BCUT2D eigenvalue weighted by Crippen LogP contribution is -2.25. The lowest BCUT2D eigenvalue weighted by atomic mass is 9.98. The van der Waals surface area contributed by atoms with Gasteiger partial charge in [-0.3, -0.25) is 14.7 Å². The van der Waals surface area contributed by atoms with Gasteiger partial charge in [0.15, 0.2) is 0 Å². The minimum Gasteiger partial charge on any atom is -0.357 e. The maximum Gasteiger partial charge on any atom is 0.325 e. The Morgan fingerprint density at radius 1 is 1.14 bits per heavy atom. The van der Waals surface area contributed by atoms with Crippen LogP contribution in [-0.4, -0.2) is 37.8 Å². The van der Waals surface area contributed by atoms with Crippen molar-refractivity contribution in [3.63, 3.8) is 0 Å². The summed E-state index contributed by atoms with van der Waals surface area (Å²) in [4.78, 5) is 34.7. The number of urea groups is 1. The van der Waals surface area contributed by atoms with E-state index in [9.17, 15) is 14.0 Å². The maximum absolute atomic E-state index is 14.6. The van der Waals surface area contributed by atoms with Gasteiger partial charge in [0, 0.05) is 35.7 Å². The summed E-state index contributed by atoms with van der Waals surface area (Å²) in [5.74, 6) is -0.248. The smallest absolute Gasteiger partial charge is 0.325 e. The van der Waals surface area contributed by atoms with E-state index in [1.165, 1.54) is 29.5 Å². The van der Waals surface area contributed by atoms with Crippen molar-refractivity contribution < 1.29 is 9.18 Å². The van der Waals surface area contributed by atoms with Crippen LogP contribution >= 0.6 is 11.3 Å². The van der Waals surface area contributed by atoms with E-state index in [1.54, 1.807) is 23.9 Å². The summed E-state index contributed by atoms with van der Waals surface area (Å²) in [6.07, 6.45) is 1.63. The molecule has 0 unspecified atom stereocenters. The predicted octanol–water partition coefficient (Wildman–Crippen LogP) is 5.01. The van der Waals surface area contributed by atoms with Crippen LogP contribution in [-0.2, 0) is 5.41 Å². The Morgan fingerprint density at radius 3 is 2.53 bits per heavy atom. The molecule has 4 rings (SSSR count). The molecule has 0 aliphatic heterocycles. The Morgan fingerprint density at radius 2 is 1.89 bits per heavy atom. The van der Waals surface area contributed by atoms with Crippen LogP contribution in [0.5, 0.6) is 0 Å². The van der Waals surface area contributed by atoms with Gasteiger partial charge in [0.2, 0.25) is 11.1 Å². The lowest BCUT2D eigenvalue weighted by Gasteiger charge is -2.16. The van der Waals surface area contributed by atoms with Gasteiger partial charge in [-0.2, -0.15) is 4.98 Å². The first-order valence-electron chi connectivity index (χ1n) is 11.3. The Balaban J connectivity index is 1.68. The second-order valence-electron chi connectivity index (χ2n) is 9.49. The van der Waals surface area contributed by atoms with Crippen molar-refractivity contribution in [1.29, 1.82) is 0 Å². The minimum atomic E-state index is -0.672. The van der Waals surface area contributed by atoms with Gasteiger partial charge >= 0.3 is 6.03 Å². The van der Waals surface area contributed by atoms with Gasteiger partial charge in [0.05, 0.1) is 5.69 Å². The number of halogens is 1. The number of carbonyl (C=O) groups excluding carboxylic acids is 1. The fraction of sp³-hybridized carbons (Fsp3) is 0.333. The normalized spacial score (nSPS) is 11.7. The minimum absolute atomic E-state index is 0.0806. The fourth-order valence-corrected chi connectivity index (χ4v) is 4.34. The molecule has 0 aliphatic carbocycles. The molecule has 188 valence electrons. The molecular weight excluding hydrogens is 483 g/mol. The van der Waals surface area contributed by atoms with Gasteiger partial charge in [0.25, 0.3) is 5.56 Å². The molecule has 2 amide bonds. The van der Waals surface area contributed by atoms with E-state index in [0.29, 0.717) is 33.2 Å². The Kier molecular flexibility index (Phi) is 6.72. The third-order valence-corrected chi connectivity index (χ3v) is 6.59. The quantitative estimate of drug-likeness (QED) is 0.344. The molecule has 36 heavy (non-hydrogen) atoms. The molecule has 1 aromatic carbocycles. The van der Waals surface area contributed by atoms with Crippen LogP contribution in [0.3, 0.4) is 0 Å². The number of nitrogens with one attached hydrogen (secondary N) is 3. The molecule has 4 aromatic rings. The van der Waals surface area contributed by atoms with E-state index in [4.69, 9.17) is 0 Å². The van der Waals surface area contributed by atoms with Crippen LogP contribution in [0.1, 0.15) is 45.7 Å². The number of anilines is 3. The van der Waals surface area contributed by atoms with Crippen LogP contribution in [0.2, 0.25) is 0 Å². The Labute approximate surface area is 211 Å². The molecule has 3 aromatic heterocycles. The zero-order chi connectivity index (χ0) is 26.2. The molecule has 0 atom stereocenters. The van der Waals surface area contributed by atoms with Crippen LogP contribution in [0.4, 0.5) is 26.0 Å². The van der Waals surface area contributed by atoms with Gasteiger partial charge in [-0.05, 0) is 37.6 Å². The molecule has 0 fully saturated rings. The number of rotatable bonds is 5. The van der Waals surface area contributed by atoms with E-state index in [-0.39, 0.29) is 22.7 Å². The number of aromatic nitrogens is 5. The van der Waals surface area contributed by atoms with E-state index in [1.807, 2.05) is 34.6 Å². The average molecular weight is 511 g/mol. The molecule has 0 radical (unpaired) electrons. The number of amides is 2. The van der Waals surface area contributed by atoms with E-state index in [2.05, 4.69) is 36.1 Å². The fourth-order valence-electron chi connectivity index (χ4n) is 3.54. The van der Waals surface area contributed by atoms with Gasteiger partial charge in [-0.15, -0.1) is 10.2 Å². The number of hydrogen-bond donors (Lipinski definition) is 3. The third kappa shape index (κ3) is 5.03. The number of hydrogen-bond acceptors (Lipinski definition) is 8. The van der Waals surface area contributed by atoms with E-state index >= 15 is 0 Å². The highest BCUT2D eigenvalue weighted by Crippen LogP contribution is 2.29. The zero-order valence-electron chi connectivity index (χ0n) is 20.8. The topological polar surface area (TPSA) is 127 Å². The summed E-state index contributed by atoms with van der Waals surface area (Å²) < 4.78 is 16.2. The molecule has 0 spiro atoms. The van der Waals surface area contributed by atoms with Crippen molar-refractivity contribution >= 4 is 45.2 Å². The van der Waals surface area contributed by atoms with Crippen molar-refractivity contribution in [1.82, 2.24) is 24.7 Å². The number of carbonyl (C=O) groups is 1. The third-order valence-electron chi connectivity index (χ3n) is 5.33. The summed E-state index contributed by atoms with van der Waals surface area (Å²) in [5.41, 5.74) is 0.684. The highest BCUT2D eigenvalue weighted by atomic mass is 32.1. The number of fused-ring (bicyclic) bond motifs is 1. The maximum atomic E-state index is 14.6. The monoisotopic (exact) mass is 510 g/mol. The molecule has 0 saturated carbocycles. The van der Waals surface area contributed by atoms with Crippen LogP contribution in [0, 0.1) is 5.82 Å². The van der Waals surface area contributed by atoms with Gasteiger partial charge in [0.1, 0.15) is 16.5 Å². The first kappa shape index (κ1) is 25.2. The number of benzene rings is 1. The molecule has 0 aliphatic rings. The highest BCUT2D eigenvalue weighted by Gasteiger charge is 2.21. The van der Waals surface area contributed by atoms with Crippen molar-refractivity contribution in [3.05, 3.63) is 51.6 Å². The SMILES string of the molecule is CNc1ncc2cc(-c3ccc(F)c(NC(=O)Nc4nnc(C(C)(C)C)s4)c3)c(=O)n(C(C)C)c2n1. The molecular formula is C24H27FN8O2S. The first-order chi connectivity index (χ1) is 17.0.